The van der Waals surface area contributed by atoms with E-state index in [9.17, 15) is 12.8 Å². The Morgan fingerprint density at radius 2 is 2.06 bits per heavy atom. The van der Waals surface area contributed by atoms with Gasteiger partial charge in [0.1, 0.15) is 5.82 Å². The third kappa shape index (κ3) is 2.70. The fourth-order valence-corrected chi connectivity index (χ4v) is 2.69. The van der Waals surface area contributed by atoms with Crippen molar-refractivity contribution in [3.8, 4) is 0 Å². The molecule has 16 heavy (non-hydrogen) atoms. The average molecular weight is 246 g/mol. The highest BCUT2D eigenvalue weighted by Gasteiger charge is 2.18. The minimum absolute atomic E-state index is 0.0813. The van der Waals surface area contributed by atoms with E-state index in [1.807, 2.05) is 6.92 Å². The van der Waals surface area contributed by atoms with Gasteiger partial charge in [0.25, 0.3) is 0 Å². The van der Waals surface area contributed by atoms with Gasteiger partial charge in [-0.15, -0.1) is 0 Å². The van der Waals surface area contributed by atoms with Crippen molar-refractivity contribution >= 4 is 15.7 Å². The van der Waals surface area contributed by atoms with Crippen molar-refractivity contribution in [3.05, 3.63) is 23.5 Å². The van der Waals surface area contributed by atoms with Crippen LogP contribution >= 0.6 is 0 Å². The number of hydrogen-bond donors (Lipinski definition) is 2. The summed E-state index contributed by atoms with van der Waals surface area (Å²) in [6.07, 6.45) is 0.670. The van der Waals surface area contributed by atoms with Gasteiger partial charge < -0.3 is 5.73 Å². The zero-order valence-electron chi connectivity index (χ0n) is 9.25. The van der Waals surface area contributed by atoms with Gasteiger partial charge in [0.05, 0.1) is 4.90 Å². The zero-order chi connectivity index (χ0) is 12.3. The molecule has 0 unspecified atom stereocenters. The smallest absolute Gasteiger partial charge is 0.241 e. The molecule has 6 heteroatoms. The first kappa shape index (κ1) is 12.9. The largest absolute Gasteiger partial charge is 0.399 e. The van der Waals surface area contributed by atoms with Crippen molar-refractivity contribution in [2.75, 3.05) is 12.3 Å². The summed E-state index contributed by atoms with van der Waals surface area (Å²) in [5.74, 6) is -0.614. The Hall–Kier alpha value is -1.14. The first-order valence-electron chi connectivity index (χ1n) is 4.93. The number of benzene rings is 1. The number of hydrogen-bond acceptors (Lipinski definition) is 3. The molecule has 1 aromatic rings. The number of sulfonamides is 1. The molecule has 0 saturated carbocycles. The van der Waals surface area contributed by atoms with Crippen LogP contribution in [0.3, 0.4) is 0 Å². The molecule has 3 N–H and O–H groups in total. The van der Waals surface area contributed by atoms with Crippen LogP contribution in [0.1, 0.15) is 18.9 Å². The maximum Gasteiger partial charge on any atom is 0.241 e. The molecular weight excluding hydrogens is 231 g/mol. The molecule has 0 bridgehead atoms. The van der Waals surface area contributed by atoms with E-state index in [-0.39, 0.29) is 16.1 Å². The molecule has 1 rings (SSSR count). The molecule has 0 fully saturated rings. The Kier molecular flexibility index (Phi) is 3.88. The maximum absolute atomic E-state index is 13.3. The number of nitrogens with one attached hydrogen (secondary N) is 1. The predicted molar refractivity (Wildman–Crippen MR) is 61.0 cm³/mol. The van der Waals surface area contributed by atoms with Gasteiger partial charge in [0.15, 0.2) is 0 Å². The highest BCUT2D eigenvalue weighted by molar-refractivity contribution is 7.89. The van der Waals surface area contributed by atoms with Crippen molar-refractivity contribution in [2.24, 2.45) is 0 Å². The summed E-state index contributed by atoms with van der Waals surface area (Å²) in [4.78, 5) is -0.0987. The van der Waals surface area contributed by atoms with Gasteiger partial charge in [-0.25, -0.2) is 17.5 Å². The molecule has 90 valence electrons. The molecule has 0 amide bonds. The van der Waals surface area contributed by atoms with E-state index < -0.39 is 15.8 Å². The molecule has 0 aromatic heterocycles. The Labute approximate surface area is 94.7 Å². The summed E-state index contributed by atoms with van der Waals surface area (Å²) >= 11 is 0. The van der Waals surface area contributed by atoms with Crippen LogP contribution in [-0.2, 0) is 10.0 Å². The first-order valence-corrected chi connectivity index (χ1v) is 6.42. The van der Waals surface area contributed by atoms with Gasteiger partial charge in [-0.3, -0.25) is 0 Å². The maximum atomic E-state index is 13.3. The summed E-state index contributed by atoms with van der Waals surface area (Å²) in [6, 6.07) is 2.37. The predicted octanol–water partition coefficient (Wildman–Crippen LogP) is 1.40. The molecule has 0 aliphatic carbocycles. The van der Waals surface area contributed by atoms with Crippen molar-refractivity contribution < 1.29 is 12.8 Å². The number of nitrogens with two attached hydrogens (primary N) is 1. The Balaban J connectivity index is 3.22. The van der Waals surface area contributed by atoms with Crippen LogP contribution in [0.15, 0.2) is 17.0 Å². The highest BCUT2D eigenvalue weighted by atomic mass is 32.2. The van der Waals surface area contributed by atoms with Crippen LogP contribution in [-0.4, -0.2) is 15.0 Å². The lowest BCUT2D eigenvalue weighted by Gasteiger charge is -2.10. The number of nitrogen functional groups attached to an aromatic ring is 1. The summed E-state index contributed by atoms with van der Waals surface area (Å²) in [7, 11) is -3.67. The van der Waals surface area contributed by atoms with Gasteiger partial charge in [-0.1, -0.05) is 6.92 Å². The summed E-state index contributed by atoms with van der Waals surface area (Å²) in [6.45, 7) is 3.57. The van der Waals surface area contributed by atoms with Gasteiger partial charge in [0.2, 0.25) is 10.0 Å². The molecular formula is C10H15FN2O2S. The lowest BCUT2D eigenvalue weighted by Crippen LogP contribution is -2.25. The van der Waals surface area contributed by atoms with Crippen LogP contribution in [0, 0.1) is 12.7 Å². The van der Waals surface area contributed by atoms with Crippen molar-refractivity contribution in [1.82, 2.24) is 4.72 Å². The van der Waals surface area contributed by atoms with Crippen LogP contribution < -0.4 is 10.5 Å². The fraction of sp³-hybridized carbons (Fsp3) is 0.400. The third-order valence-corrected chi connectivity index (χ3v) is 3.74. The van der Waals surface area contributed by atoms with Gasteiger partial charge in [-0.05, 0) is 25.5 Å². The number of rotatable bonds is 4. The molecule has 0 aliphatic heterocycles. The lowest BCUT2D eigenvalue weighted by atomic mass is 10.2. The van der Waals surface area contributed by atoms with Crippen LogP contribution in [0.5, 0.6) is 0 Å². The average Bonchev–Trinajstić information content (AvgIpc) is 2.20. The van der Waals surface area contributed by atoms with Gasteiger partial charge in [-0.2, -0.15) is 0 Å². The second kappa shape index (κ2) is 4.80. The molecule has 0 atom stereocenters. The van der Waals surface area contributed by atoms with Crippen molar-refractivity contribution in [1.29, 1.82) is 0 Å². The Morgan fingerprint density at radius 3 is 2.62 bits per heavy atom. The van der Waals surface area contributed by atoms with E-state index in [1.54, 1.807) is 0 Å². The van der Waals surface area contributed by atoms with Crippen LogP contribution in [0.2, 0.25) is 0 Å². The molecule has 0 aliphatic rings. The second-order valence-corrected chi connectivity index (χ2v) is 5.26. The summed E-state index contributed by atoms with van der Waals surface area (Å²) in [5, 5.41) is 0. The van der Waals surface area contributed by atoms with Crippen molar-refractivity contribution in [2.45, 2.75) is 25.2 Å². The topological polar surface area (TPSA) is 72.2 Å². The molecule has 0 radical (unpaired) electrons. The SMILES string of the molecule is CCCNS(=O)(=O)c1cc(N)cc(F)c1C. The van der Waals surface area contributed by atoms with E-state index in [2.05, 4.69) is 4.72 Å². The van der Waals surface area contributed by atoms with E-state index in [4.69, 9.17) is 5.73 Å². The Morgan fingerprint density at radius 1 is 1.44 bits per heavy atom. The normalized spacial score (nSPS) is 11.7. The first-order chi connectivity index (χ1) is 7.38. The second-order valence-electron chi connectivity index (χ2n) is 3.52. The standard InChI is InChI=1S/C10H15FN2O2S/c1-3-4-13-16(14,15)10-6-8(12)5-9(11)7(10)2/h5-6,13H,3-4,12H2,1-2H3. The summed E-state index contributed by atoms with van der Waals surface area (Å²) < 4.78 is 39.3. The van der Waals surface area contributed by atoms with Crippen LogP contribution in [0.4, 0.5) is 10.1 Å². The lowest BCUT2D eigenvalue weighted by molar-refractivity contribution is 0.574. The van der Waals surface area contributed by atoms with Crippen molar-refractivity contribution in [3.63, 3.8) is 0 Å². The molecule has 0 spiro atoms. The summed E-state index contributed by atoms with van der Waals surface area (Å²) in [5.41, 5.74) is 5.60. The molecule has 4 nitrogen and oxygen atoms in total. The van der Waals surface area contributed by atoms with E-state index in [1.165, 1.54) is 13.0 Å². The fourth-order valence-electron chi connectivity index (χ4n) is 1.27. The van der Waals surface area contributed by atoms with E-state index >= 15 is 0 Å². The molecule has 0 saturated heterocycles. The quantitative estimate of drug-likeness (QED) is 0.789. The minimum atomic E-state index is -3.67. The van der Waals surface area contributed by atoms with E-state index in [0.29, 0.717) is 13.0 Å². The number of anilines is 1. The van der Waals surface area contributed by atoms with Gasteiger partial charge >= 0.3 is 0 Å². The highest BCUT2D eigenvalue weighted by Crippen LogP contribution is 2.21. The molecule has 0 heterocycles. The Bertz CT molecular complexity index is 486. The number of halogens is 1. The minimum Gasteiger partial charge on any atom is -0.399 e. The van der Waals surface area contributed by atoms with Gasteiger partial charge in [0, 0.05) is 17.8 Å². The monoisotopic (exact) mass is 246 g/mol. The molecule has 1 aromatic carbocycles. The zero-order valence-corrected chi connectivity index (χ0v) is 10.1. The van der Waals surface area contributed by atoms with Crippen LogP contribution in [0.25, 0.3) is 0 Å². The van der Waals surface area contributed by atoms with E-state index in [0.717, 1.165) is 6.07 Å². The third-order valence-electron chi connectivity index (χ3n) is 2.15.